The molecule has 9 heteroatoms. The van der Waals surface area contributed by atoms with Gasteiger partial charge in [-0.15, -0.1) is 0 Å². The van der Waals surface area contributed by atoms with Gasteiger partial charge >= 0.3 is 11.9 Å². The Labute approximate surface area is 163 Å². The number of rotatable bonds is 6. The van der Waals surface area contributed by atoms with Crippen LogP contribution in [-0.4, -0.2) is 25.2 Å². The molecule has 0 saturated heterocycles. The van der Waals surface area contributed by atoms with Gasteiger partial charge in [0, 0.05) is 0 Å². The minimum atomic E-state index is -0.752. The van der Waals surface area contributed by atoms with Crippen LogP contribution >= 0.6 is 46.4 Å². The summed E-state index contributed by atoms with van der Waals surface area (Å²) in [6.45, 7) is -0.970. The molecule has 0 spiro atoms. The Morgan fingerprint density at radius 1 is 0.720 bits per heavy atom. The van der Waals surface area contributed by atoms with Crippen LogP contribution in [0.25, 0.3) is 0 Å². The summed E-state index contributed by atoms with van der Waals surface area (Å²) in [5, 5.41) is 0.699. The maximum absolute atomic E-state index is 11.7. The van der Waals surface area contributed by atoms with Gasteiger partial charge in [0.15, 0.2) is 11.5 Å². The average Bonchev–Trinajstić information content (AvgIpc) is 2.56. The van der Waals surface area contributed by atoms with Gasteiger partial charge in [-0.25, -0.2) is 9.59 Å². The summed E-state index contributed by atoms with van der Waals surface area (Å²) in [6, 6.07) is 9.19. The van der Waals surface area contributed by atoms with Crippen molar-refractivity contribution in [2.45, 2.75) is 0 Å². The fourth-order valence-electron chi connectivity index (χ4n) is 1.65. The zero-order chi connectivity index (χ0) is 18.4. The van der Waals surface area contributed by atoms with Crippen LogP contribution in [0.15, 0.2) is 36.4 Å². The van der Waals surface area contributed by atoms with E-state index in [9.17, 15) is 9.59 Å². The monoisotopic (exact) mass is 422 g/mol. The molecule has 0 aliphatic heterocycles. The summed E-state index contributed by atoms with van der Waals surface area (Å²) in [5.41, 5.74) is 0. The van der Waals surface area contributed by atoms with Crippen molar-refractivity contribution in [1.82, 2.24) is 0 Å². The lowest BCUT2D eigenvalue weighted by molar-refractivity contribution is -0.145. The lowest BCUT2D eigenvalue weighted by Gasteiger charge is -2.08. The van der Waals surface area contributed by atoms with Gasteiger partial charge < -0.3 is 14.2 Å². The Bertz CT molecular complexity index is 729. The number of carbonyl (C=O) groups excluding carboxylic acids is 2. The summed E-state index contributed by atoms with van der Waals surface area (Å²) in [6.07, 6.45) is 0. The van der Waals surface area contributed by atoms with E-state index in [0.717, 1.165) is 0 Å². The predicted octanol–water partition coefficient (Wildman–Crippen LogP) is 4.83. The van der Waals surface area contributed by atoms with E-state index in [-0.39, 0.29) is 31.6 Å². The molecule has 0 aliphatic rings. The standard InChI is InChI=1S/C16H10Cl4O5/c17-9-3-1-5-11(15(9)19)24-13(21)7-23-8-14(22)25-12-6-2-4-10(18)16(12)20/h1-6H,7-8H2. The third-order valence-electron chi connectivity index (χ3n) is 2.72. The van der Waals surface area contributed by atoms with Gasteiger partial charge in [-0.2, -0.15) is 0 Å². The highest BCUT2D eigenvalue weighted by Gasteiger charge is 2.14. The van der Waals surface area contributed by atoms with Crippen molar-refractivity contribution in [2.75, 3.05) is 13.2 Å². The normalized spacial score (nSPS) is 10.4. The highest BCUT2D eigenvalue weighted by molar-refractivity contribution is 6.43. The molecule has 25 heavy (non-hydrogen) atoms. The van der Waals surface area contributed by atoms with Gasteiger partial charge in [0.2, 0.25) is 0 Å². The minimum absolute atomic E-state index is 0.0936. The third kappa shape index (κ3) is 5.76. The molecule has 0 N–H and O–H groups in total. The second kappa shape index (κ2) is 9.27. The number of ether oxygens (including phenoxy) is 3. The van der Waals surface area contributed by atoms with Crippen molar-refractivity contribution >= 4 is 58.3 Å². The molecule has 0 amide bonds. The van der Waals surface area contributed by atoms with Crippen molar-refractivity contribution < 1.29 is 23.8 Å². The molecular formula is C16H10Cl4O5. The third-order valence-corrected chi connectivity index (χ3v) is 4.32. The first-order valence-electron chi connectivity index (χ1n) is 6.75. The average molecular weight is 424 g/mol. The van der Waals surface area contributed by atoms with Gasteiger partial charge in [-0.3, -0.25) is 0 Å². The maximum Gasteiger partial charge on any atom is 0.337 e. The highest BCUT2D eigenvalue weighted by Crippen LogP contribution is 2.32. The fourth-order valence-corrected chi connectivity index (χ4v) is 2.31. The first-order chi connectivity index (χ1) is 11.9. The molecule has 0 atom stereocenters. The zero-order valence-electron chi connectivity index (χ0n) is 12.4. The summed E-state index contributed by atoms with van der Waals surface area (Å²) in [7, 11) is 0. The molecule has 0 unspecified atom stereocenters. The minimum Gasteiger partial charge on any atom is -0.423 e. The topological polar surface area (TPSA) is 61.8 Å². The number of carbonyl (C=O) groups is 2. The van der Waals surface area contributed by atoms with Gasteiger partial charge in [0.25, 0.3) is 0 Å². The van der Waals surface area contributed by atoms with Crippen LogP contribution in [-0.2, 0) is 14.3 Å². The first-order valence-corrected chi connectivity index (χ1v) is 8.27. The predicted molar refractivity (Wildman–Crippen MR) is 95.0 cm³/mol. The summed E-state index contributed by atoms with van der Waals surface area (Å²) < 4.78 is 14.9. The molecule has 0 aliphatic carbocycles. The summed E-state index contributed by atoms with van der Waals surface area (Å²) >= 11 is 23.4. The maximum atomic E-state index is 11.7. The van der Waals surface area contributed by atoms with E-state index in [1.807, 2.05) is 0 Å². The molecule has 0 saturated carbocycles. The lowest BCUT2D eigenvalue weighted by Crippen LogP contribution is -2.21. The van der Waals surface area contributed by atoms with Crippen LogP contribution in [0, 0.1) is 0 Å². The van der Waals surface area contributed by atoms with Crippen LogP contribution in [0.3, 0.4) is 0 Å². The Kier molecular flexibility index (Phi) is 7.35. The van der Waals surface area contributed by atoms with Crippen molar-refractivity contribution in [1.29, 1.82) is 0 Å². The van der Waals surface area contributed by atoms with E-state index < -0.39 is 25.2 Å². The molecule has 132 valence electrons. The Balaban J connectivity index is 1.80. The number of hydrogen-bond acceptors (Lipinski definition) is 5. The molecular weight excluding hydrogens is 414 g/mol. The van der Waals surface area contributed by atoms with Crippen LogP contribution in [0.5, 0.6) is 11.5 Å². The van der Waals surface area contributed by atoms with Crippen molar-refractivity contribution in [3.05, 3.63) is 56.5 Å². The summed E-state index contributed by atoms with van der Waals surface area (Å²) in [5.74, 6) is -1.32. The molecule has 2 aromatic carbocycles. The Morgan fingerprint density at radius 2 is 1.12 bits per heavy atom. The second-order valence-corrected chi connectivity index (χ2v) is 6.12. The van der Waals surface area contributed by atoms with Crippen LogP contribution in [0.4, 0.5) is 0 Å². The van der Waals surface area contributed by atoms with Crippen LogP contribution < -0.4 is 9.47 Å². The van der Waals surface area contributed by atoms with E-state index >= 15 is 0 Å². The van der Waals surface area contributed by atoms with E-state index in [1.54, 1.807) is 24.3 Å². The second-order valence-electron chi connectivity index (χ2n) is 4.54. The van der Waals surface area contributed by atoms with E-state index in [2.05, 4.69) is 0 Å². The molecule has 2 rings (SSSR count). The van der Waals surface area contributed by atoms with Crippen molar-refractivity contribution in [3.8, 4) is 11.5 Å². The van der Waals surface area contributed by atoms with Crippen LogP contribution in [0.1, 0.15) is 0 Å². The molecule has 0 aromatic heterocycles. The largest absolute Gasteiger partial charge is 0.423 e. The number of hydrogen-bond donors (Lipinski definition) is 0. The van der Waals surface area contributed by atoms with E-state index in [4.69, 9.17) is 60.6 Å². The lowest BCUT2D eigenvalue weighted by atomic mass is 10.3. The van der Waals surface area contributed by atoms with Gasteiger partial charge in [-0.05, 0) is 24.3 Å². The molecule has 0 bridgehead atoms. The molecule has 0 fully saturated rings. The highest BCUT2D eigenvalue weighted by atomic mass is 35.5. The van der Waals surface area contributed by atoms with Crippen molar-refractivity contribution in [2.24, 2.45) is 0 Å². The SMILES string of the molecule is O=C(COCC(=O)Oc1cccc(Cl)c1Cl)Oc1cccc(Cl)c1Cl. The van der Waals surface area contributed by atoms with Gasteiger partial charge in [0.1, 0.15) is 23.3 Å². The van der Waals surface area contributed by atoms with Gasteiger partial charge in [0.05, 0.1) is 10.0 Å². The smallest absolute Gasteiger partial charge is 0.337 e. The molecule has 0 heterocycles. The first kappa shape index (κ1) is 19.8. The number of halogens is 4. The molecule has 0 radical (unpaired) electrons. The van der Waals surface area contributed by atoms with Crippen molar-refractivity contribution in [3.63, 3.8) is 0 Å². The molecule has 2 aromatic rings. The Hall–Kier alpha value is -1.50. The van der Waals surface area contributed by atoms with Crippen LogP contribution in [0.2, 0.25) is 20.1 Å². The quantitative estimate of drug-likeness (QED) is 0.492. The summed E-state index contributed by atoms with van der Waals surface area (Å²) in [4.78, 5) is 23.3. The van der Waals surface area contributed by atoms with E-state index in [1.165, 1.54) is 12.1 Å². The zero-order valence-corrected chi connectivity index (χ0v) is 15.5. The number of esters is 2. The number of benzene rings is 2. The van der Waals surface area contributed by atoms with Gasteiger partial charge in [-0.1, -0.05) is 58.5 Å². The Morgan fingerprint density at radius 3 is 1.52 bits per heavy atom. The molecule has 5 nitrogen and oxygen atoms in total. The van der Waals surface area contributed by atoms with E-state index in [0.29, 0.717) is 0 Å². The fraction of sp³-hybridized carbons (Fsp3) is 0.125.